The van der Waals surface area contributed by atoms with Crippen molar-refractivity contribution in [2.45, 2.75) is 12.5 Å². The van der Waals surface area contributed by atoms with Crippen LogP contribution in [0.2, 0.25) is 0 Å². The first kappa shape index (κ1) is 14.9. The van der Waals surface area contributed by atoms with E-state index < -0.39 is 0 Å². The van der Waals surface area contributed by atoms with E-state index in [0.717, 1.165) is 23.5 Å². The minimum absolute atomic E-state index is 0.0600. The molecule has 22 heavy (non-hydrogen) atoms. The predicted octanol–water partition coefficient (Wildman–Crippen LogP) is 1.97. The zero-order chi connectivity index (χ0) is 15.7. The normalized spacial score (nSPS) is 16.6. The number of nitrogens with one attached hydrogen (secondary N) is 1. The van der Waals surface area contributed by atoms with Crippen LogP contribution in [-0.2, 0) is 13.5 Å². The summed E-state index contributed by atoms with van der Waals surface area (Å²) in [4.78, 5) is 11.9. The van der Waals surface area contributed by atoms with Crippen LogP contribution in [0.3, 0.4) is 0 Å². The summed E-state index contributed by atoms with van der Waals surface area (Å²) in [6.45, 7) is 0.495. The molecule has 1 aliphatic heterocycles. The molecule has 0 amide bonds. The van der Waals surface area contributed by atoms with Crippen molar-refractivity contribution in [3.05, 3.63) is 44.8 Å². The number of halogens is 1. The third-order valence-corrected chi connectivity index (χ3v) is 4.38. The number of aryl methyl sites for hydroxylation is 1. The standard InChI is InChI=1S/C15H16BrN3O3/c1-19-15(20)13(16)11(7-17-19)18-10-6-9-4-3-5-12(21-2)14(9)22-8-10/h3-5,7,10,18H,6,8H2,1-2H3. The summed E-state index contributed by atoms with van der Waals surface area (Å²) in [5.41, 5.74) is 1.57. The van der Waals surface area contributed by atoms with Crippen LogP contribution >= 0.6 is 15.9 Å². The number of methoxy groups -OCH3 is 1. The molecular formula is C15H16BrN3O3. The Morgan fingerprint density at radius 1 is 1.50 bits per heavy atom. The molecule has 1 unspecified atom stereocenters. The van der Waals surface area contributed by atoms with Crippen LogP contribution in [0.4, 0.5) is 5.69 Å². The fourth-order valence-corrected chi connectivity index (χ4v) is 2.95. The molecule has 2 heterocycles. The molecule has 1 aromatic heterocycles. The monoisotopic (exact) mass is 365 g/mol. The van der Waals surface area contributed by atoms with E-state index in [9.17, 15) is 4.79 Å². The highest BCUT2D eigenvalue weighted by molar-refractivity contribution is 9.10. The predicted molar refractivity (Wildman–Crippen MR) is 86.8 cm³/mol. The highest BCUT2D eigenvalue weighted by Gasteiger charge is 2.23. The average molecular weight is 366 g/mol. The average Bonchev–Trinajstić information content (AvgIpc) is 2.54. The quantitative estimate of drug-likeness (QED) is 0.900. The number of rotatable bonds is 3. The summed E-state index contributed by atoms with van der Waals surface area (Å²) < 4.78 is 12.9. The third-order valence-electron chi connectivity index (χ3n) is 3.61. The minimum Gasteiger partial charge on any atom is -0.493 e. The molecular weight excluding hydrogens is 350 g/mol. The van der Waals surface area contributed by atoms with Crippen molar-refractivity contribution in [1.82, 2.24) is 9.78 Å². The van der Waals surface area contributed by atoms with E-state index in [4.69, 9.17) is 9.47 Å². The van der Waals surface area contributed by atoms with Crippen LogP contribution in [0.25, 0.3) is 0 Å². The molecule has 0 saturated heterocycles. The summed E-state index contributed by atoms with van der Waals surface area (Å²) in [6, 6.07) is 5.90. The van der Waals surface area contributed by atoms with Gasteiger partial charge in [0.2, 0.25) is 0 Å². The van der Waals surface area contributed by atoms with E-state index in [1.807, 2.05) is 18.2 Å². The Kier molecular flexibility index (Phi) is 4.06. The molecule has 7 heteroatoms. The second-order valence-electron chi connectivity index (χ2n) is 5.11. The van der Waals surface area contributed by atoms with Crippen LogP contribution in [0, 0.1) is 0 Å². The Morgan fingerprint density at radius 3 is 3.09 bits per heavy atom. The lowest BCUT2D eigenvalue weighted by Crippen LogP contribution is -2.34. The summed E-state index contributed by atoms with van der Waals surface area (Å²) in [7, 11) is 3.24. The number of hydrogen-bond donors (Lipinski definition) is 1. The Bertz CT molecular complexity index is 760. The molecule has 0 bridgehead atoms. The van der Waals surface area contributed by atoms with Crippen molar-refractivity contribution in [3.8, 4) is 11.5 Å². The molecule has 1 N–H and O–H groups in total. The van der Waals surface area contributed by atoms with Gasteiger partial charge in [0.15, 0.2) is 11.5 Å². The molecule has 0 spiro atoms. The highest BCUT2D eigenvalue weighted by Crippen LogP contribution is 2.35. The fraction of sp³-hybridized carbons (Fsp3) is 0.333. The van der Waals surface area contributed by atoms with Crippen LogP contribution in [0.15, 0.2) is 33.7 Å². The molecule has 0 fully saturated rings. The number of ether oxygens (including phenoxy) is 2. The van der Waals surface area contributed by atoms with Crippen LogP contribution in [-0.4, -0.2) is 29.5 Å². The van der Waals surface area contributed by atoms with Crippen LogP contribution < -0.4 is 20.3 Å². The molecule has 3 rings (SSSR count). The third kappa shape index (κ3) is 2.68. The number of nitrogens with zero attached hydrogens (tertiary/aromatic N) is 2. The Morgan fingerprint density at radius 2 is 2.32 bits per heavy atom. The van der Waals surface area contributed by atoms with Gasteiger partial charge in [0.1, 0.15) is 11.1 Å². The van der Waals surface area contributed by atoms with Crippen molar-refractivity contribution in [3.63, 3.8) is 0 Å². The number of fused-ring (bicyclic) bond motifs is 1. The van der Waals surface area contributed by atoms with Gasteiger partial charge < -0.3 is 14.8 Å². The summed E-state index contributed by atoms with van der Waals surface area (Å²) in [5, 5.41) is 7.33. The second kappa shape index (κ2) is 6.00. The van der Waals surface area contributed by atoms with Gasteiger partial charge in [-0.15, -0.1) is 0 Å². The number of para-hydroxylation sites is 1. The van der Waals surface area contributed by atoms with Gasteiger partial charge in [-0.25, -0.2) is 4.68 Å². The largest absolute Gasteiger partial charge is 0.493 e. The molecule has 116 valence electrons. The van der Waals surface area contributed by atoms with Crippen molar-refractivity contribution < 1.29 is 9.47 Å². The Labute approximate surface area is 136 Å². The molecule has 1 aliphatic rings. The Balaban J connectivity index is 1.81. The second-order valence-corrected chi connectivity index (χ2v) is 5.90. The van der Waals surface area contributed by atoms with Gasteiger partial charge >= 0.3 is 0 Å². The number of aromatic nitrogens is 2. The van der Waals surface area contributed by atoms with Gasteiger partial charge in [-0.3, -0.25) is 4.79 Å². The van der Waals surface area contributed by atoms with Crippen LogP contribution in [0.1, 0.15) is 5.56 Å². The van der Waals surface area contributed by atoms with E-state index in [1.54, 1.807) is 20.4 Å². The van der Waals surface area contributed by atoms with Crippen molar-refractivity contribution in [1.29, 1.82) is 0 Å². The van der Waals surface area contributed by atoms with E-state index in [0.29, 0.717) is 16.8 Å². The van der Waals surface area contributed by atoms with E-state index in [2.05, 4.69) is 26.3 Å². The maximum absolute atomic E-state index is 11.9. The zero-order valence-corrected chi connectivity index (χ0v) is 13.9. The number of anilines is 1. The summed E-state index contributed by atoms with van der Waals surface area (Å²) in [6.07, 6.45) is 2.42. The maximum Gasteiger partial charge on any atom is 0.282 e. The lowest BCUT2D eigenvalue weighted by atomic mass is 10.0. The van der Waals surface area contributed by atoms with Gasteiger partial charge in [-0.05, 0) is 28.4 Å². The van der Waals surface area contributed by atoms with Gasteiger partial charge in [-0.2, -0.15) is 5.10 Å². The number of benzene rings is 1. The SMILES string of the molecule is COc1cccc2c1OCC(Nc1cnn(C)c(=O)c1Br)C2. The van der Waals surface area contributed by atoms with Gasteiger partial charge in [0.25, 0.3) is 5.56 Å². The van der Waals surface area contributed by atoms with Crippen molar-refractivity contribution in [2.24, 2.45) is 7.05 Å². The smallest absolute Gasteiger partial charge is 0.282 e. The van der Waals surface area contributed by atoms with E-state index >= 15 is 0 Å². The fourth-order valence-electron chi connectivity index (χ4n) is 2.48. The Hall–Kier alpha value is -2.02. The minimum atomic E-state index is -0.177. The molecule has 0 radical (unpaired) electrons. The number of hydrogen-bond acceptors (Lipinski definition) is 5. The molecule has 1 aromatic carbocycles. The zero-order valence-electron chi connectivity index (χ0n) is 12.3. The van der Waals surface area contributed by atoms with Crippen molar-refractivity contribution >= 4 is 21.6 Å². The topological polar surface area (TPSA) is 65.4 Å². The molecule has 0 aliphatic carbocycles. The first-order chi connectivity index (χ1) is 10.6. The highest BCUT2D eigenvalue weighted by atomic mass is 79.9. The molecule has 0 saturated carbocycles. The van der Waals surface area contributed by atoms with Gasteiger partial charge in [0, 0.05) is 12.6 Å². The van der Waals surface area contributed by atoms with E-state index in [1.165, 1.54) is 4.68 Å². The first-order valence-electron chi connectivity index (χ1n) is 6.87. The molecule has 1 atom stereocenters. The van der Waals surface area contributed by atoms with Gasteiger partial charge in [0.05, 0.1) is 25.0 Å². The first-order valence-corrected chi connectivity index (χ1v) is 7.66. The lowest BCUT2D eigenvalue weighted by Gasteiger charge is -2.28. The van der Waals surface area contributed by atoms with Crippen molar-refractivity contribution in [2.75, 3.05) is 19.0 Å². The lowest BCUT2D eigenvalue weighted by molar-refractivity contribution is 0.256. The maximum atomic E-state index is 11.9. The summed E-state index contributed by atoms with van der Waals surface area (Å²) in [5.74, 6) is 1.54. The molecule has 2 aromatic rings. The van der Waals surface area contributed by atoms with Gasteiger partial charge in [-0.1, -0.05) is 12.1 Å². The summed E-state index contributed by atoms with van der Waals surface area (Å²) >= 11 is 3.32. The van der Waals surface area contributed by atoms with Crippen LogP contribution in [0.5, 0.6) is 11.5 Å². The molecule has 6 nitrogen and oxygen atoms in total. The van der Waals surface area contributed by atoms with E-state index in [-0.39, 0.29) is 11.6 Å².